The Morgan fingerprint density at radius 3 is 2.03 bits per heavy atom. The molecule has 5 heteroatoms. The molecule has 1 aliphatic rings. The molecule has 1 atom stereocenters. The van der Waals surface area contributed by atoms with Crippen LogP contribution in [0.2, 0.25) is 0 Å². The van der Waals surface area contributed by atoms with Gasteiger partial charge in [-0.3, -0.25) is 4.90 Å². The molecule has 36 heavy (non-hydrogen) atoms. The van der Waals surface area contributed by atoms with Gasteiger partial charge in [-0.25, -0.2) is 9.79 Å². The van der Waals surface area contributed by atoms with Crippen molar-refractivity contribution in [3.63, 3.8) is 0 Å². The van der Waals surface area contributed by atoms with Crippen LogP contribution in [0.5, 0.6) is 0 Å². The van der Waals surface area contributed by atoms with Crippen LogP contribution in [0.4, 0.5) is 16.2 Å². The van der Waals surface area contributed by atoms with Crippen molar-refractivity contribution in [2.24, 2.45) is 4.99 Å². The van der Waals surface area contributed by atoms with E-state index < -0.39 is 5.60 Å². The summed E-state index contributed by atoms with van der Waals surface area (Å²) in [4.78, 5) is 20.2. The fourth-order valence-corrected chi connectivity index (χ4v) is 5.00. The first-order valence-corrected chi connectivity index (χ1v) is 12.7. The molecule has 0 fully saturated rings. The number of alkyl halides is 1. The quantitative estimate of drug-likeness (QED) is 0.211. The molecular weight excluding hydrogens is 468 g/mol. The molecule has 0 saturated carbocycles. The van der Waals surface area contributed by atoms with E-state index in [1.54, 1.807) is 4.90 Å². The maximum atomic E-state index is 13.2. The van der Waals surface area contributed by atoms with Crippen molar-refractivity contribution in [2.75, 3.05) is 17.3 Å². The molecule has 182 valence electrons. The second-order valence-electron chi connectivity index (χ2n) is 10.0. The van der Waals surface area contributed by atoms with Crippen LogP contribution in [0.1, 0.15) is 43.4 Å². The third kappa shape index (κ3) is 4.74. The van der Waals surface area contributed by atoms with Gasteiger partial charge in [0.1, 0.15) is 5.60 Å². The molecule has 0 aliphatic carbocycles. The number of carbonyl (C=O) groups is 1. The first-order valence-electron chi connectivity index (χ1n) is 12.2. The maximum Gasteiger partial charge on any atom is 0.414 e. The van der Waals surface area contributed by atoms with Crippen LogP contribution in [0, 0.1) is 0 Å². The lowest BCUT2D eigenvalue weighted by Gasteiger charge is -2.25. The number of fused-ring (bicyclic) bond motifs is 3. The summed E-state index contributed by atoms with van der Waals surface area (Å²) < 4.78 is 5.75. The van der Waals surface area contributed by atoms with Crippen LogP contribution >= 0.6 is 11.6 Å². The number of hydrogen-bond acceptors (Lipinski definition) is 3. The molecule has 5 rings (SSSR count). The highest BCUT2D eigenvalue weighted by Gasteiger charge is 2.36. The summed E-state index contributed by atoms with van der Waals surface area (Å²) in [5, 5.41) is 2.09. The summed E-state index contributed by atoms with van der Waals surface area (Å²) >= 11 is 6.42. The van der Waals surface area contributed by atoms with Crippen molar-refractivity contribution >= 4 is 45.6 Å². The Hall–Kier alpha value is -3.63. The number of rotatable bonds is 4. The predicted octanol–water partition coefficient (Wildman–Crippen LogP) is 8.09. The van der Waals surface area contributed by atoms with Gasteiger partial charge in [0.25, 0.3) is 0 Å². The average Bonchev–Trinajstić information content (AvgIpc) is 3.26. The minimum atomic E-state index is -0.595. The molecule has 4 nitrogen and oxygen atoms in total. The zero-order valence-electron chi connectivity index (χ0n) is 20.7. The summed E-state index contributed by atoms with van der Waals surface area (Å²) in [7, 11) is 0. The van der Waals surface area contributed by atoms with E-state index in [1.165, 1.54) is 0 Å². The van der Waals surface area contributed by atoms with Gasteiger partial charge in [0.15, 0.2) is 0 Å². The molecule has 0 bridgehead atoms. The van der Waals surface area contributed by atoms with Crippen molar-refractivity contribution in [3.8, 4) is 0 Å². The Balaban J connectivity index is 1.74. The SMILES string of the molecule is CC(C)(C)OC(=O)N1CC(CCl)c2c1cc(N=C(c1ccccc1)c1ccccc1)c1ccccc21. The summed E-state index contributed by atoms with van der Waals surface area (Å²) in [6, 6.07) is 30.6. The highest BCUT2D eigenvalue weighted by atomic mass is 35.5. The molecule has 1 unspecified atom stereocenters. The Bertz CT molecular complexity index is 1380. The molecule has 4 aromatic rings. The Morgan fingerprint density at radius 1 is 0.917 bits per heavy atom. The van der Waals surface area contributed by atoms with Crippen LogP contribution in [0.15, 0.2) is 96.0 Å². The molecule has 4 aromatic carbocycles. The zero-order chi connectivity index (χ0) is 25.3. The highest BCUT2D eigenvalue weighted by Crippen LogP contribution is 2.46. The normalized spacial score (nSPS) is 15.0. The maximum absolute atomic E-state index is 13.2. The van der Waals surface area contributed by atoms with E-state index in [9.17, 15) is 4.79 Å². The largest absolute Gasteiger partial charge is 0.443 e. The molecule has 1 heterocycles. The summed E-state index contributed by atoms with van der Waals surface area (Å²) in [5.74, 6) is 0.429. The Labute approximate surface area is 217 Å². The van der Waals surface area contributed by atoms with Gasteiger partial charge in [-0.05, 0) is 37.8 Å². The van der Waals surface area contributed by atoms with E-state index in [2.05, 4.69) is 36.4 Å². The molecule has 0 saturated heterocycles. The van der Waals surface area contributed by atoms with Gasteiger partial charge in [-0.2, -0.15) is 0 Å². The van der Waals surface area contributed by atoms with E-state index in [0.717, 1.165) is 44.5 Å². The summed E-state index contributed by atoms with van der Waals surface area (Å²) in [5.41, 5.74) is 5.01. The van der Waals surface area contributed by atoms with Gasteiger partial charge in [0.05, 0.1) is 17.1 Å². The summed E-state index contributed by atoms with van der Waals surface area (Å²) in [6.07, 6.45) is -0.368. The van der Waals surface area contributed by atoms with E-state index in [-0.39, 0.29) is 12.0 Å². The first kappa shape index (κ1) is 24.1. The van der Waals surface area contributed by atoms with Crippen LogP contribution in [0.3, 0.4) is 0 Å². The van der Waals surface area contributed by atoms with Crippen molar-refractivity contribution in [1.29, 1.82) is 0 Å². The number of carbonyl (C=O) groups excluding carboxylic acids is 1. The molecule has 0 N–H and O–H groups in total. The van der Waals surface area contributed by atoms with Gasteiger partial charge in [-0.15, -0.1) is 11.6 Å². The smallest absolute Gasteiger partial charge is 0.414 e. The third-order valence-electron chi connectivity index (χ3n) is 6.27. The second-order valence-corrected chi connectivity index (χ2v) is 10.3. The van der Waals surface area contributed by atoms with E-state index in [0.29, 0.717) is 12.4 Å². The van der Waals surface area contributed by atoms with Crippen LogP contribution in [-0.2, 0) is 4.74 Å². The lowest BCUT2D eigenvalue weighted by molar-refractivity contribution is 0.0582. The zero-order valence-corrected chi connectivity index (χ0v) is 21.5. The number of aliphatic imine (C=N–C) groups is 1. The van der Waals surface area contributed by atoms with Crippen LogP contribution < -0.4 is 4.90 Å². The van der Waals surface area contributed by atoms with Gasteiger partial charge in [-0.1, -0.05) is 84.9 Å². The fraction of sp³-hybridized carbons (Fsp3) is 0.226. The van der Waals surface area contributed by atoms with Gasteiger partial charge < -0.3 is 4.74 Å². The number of amides is 1. The molecule has 0 spiro atoms. The van der Waals surface area contributed by atoms with Gasteiger partial charge in [0, 0.05) is 34.9 Å². The van der Waals surface area contributed by atoms with Gasteiger partial charge >= 0.3 is 6.09 Å². The number of hydrogen-bond donors (Lipinski definition) is 0. The predicted molar refractivity (Wildman–Crippen MR) is 149 cm³/mol. The monoisotopic (exact) mass is 496 g/mol. The molecule has 0 aromatic heterocycles. The third-order valence-corrected chi connectivity index (χ3v) is 6.64. The fourth-order valence-electron chi connectivity index (χ4n) is 4.74. The molecule has 1 aliphatic heterocycles. The number of anilines is 1. The van der Waals surface area contributed by atoms with Crippen molar-refractivity contribution in [2.45, 2.75) is 32.3 Å². The van der Waals surface area contributed by atoms with Crippen LogP contribution in [-0.4, -0.2) is 29.8 Å². The summed E-state index contributed by atoms with van der Waals surface area (Å²) in [6.45, 7) is 6.12. The number of nitrogens with zero attached hydrogens (tertiary/aromatic N) is 2. The average molecular weight is 497 g/mol. The van der Waals surface area contributed by atoms with Crippen LogP contribution in [0.25, 0.3) is 10.8 Å². The van der Waals surface area contributed by atoms with E-state index in [4.69, 9.17) is 21.3 Å². The number of benzene rings is 4. The molecule has 0 radical (unpaired) electrons. The minimum Gasteiger partial charge on any atom is -0.443 e. The highest BCUT2D eigenvalue weighted by molar-refractivity contribution is 6.19. The van der Waals surface area contributed by atoms with E-state index >= 15 is 0 Å². The minimum absolute atomic E-state index is 0.0137. The lowest BCUT2D eigenvalue weighted by Crippen LogP contribution is -2.36. The topological polar surface area (TPSA) is 41.9 Å². The van der Waals surface area contributed by atoms with Crippen molar-refractivity contribution in [1.82, 2.24) is 0 Å². The Morgan fingerprint density at radius 2 is 1.47 bits per heavy atom. The molecule has 1 amide bonds. The Kier molecular flexibility index (Phi) is 6.55. The van der Waals surface area contributed by atoms with Crippen molar-refractivity contribution in [3.05, 3.63) is 108 Å². The second kappa shape index (κ2) is 9.79. The first-order chi connectivity index (χ1) is 17.4. The lowest BCUT2D eigenvalue weighted by atomic mass is 9.94. The standard InChI is InChI=1S/C31H29ClN2O2/c1-31(2,3)36-30(35)34-20-23(19-32)28-25-17-11-10-16-24(25)26(18-27(28)34)33-29(21-12-6-4-7-13-21)22-14-8-5-9-15-22/h4-18,23H,19-20H2,1-3H3. The number of halogens is 1. The van der Waals surface area contributed by atoms with Gasteiger partial charge in [0.2, 0.25) is 0 Å². The number of ether oxygens (including phenoxy) is 1. The van der Waals surface area contributed by atoms with Crippen molar-refractivity contribution < 1.29 is 9.53 Å². The van der Waals surface area contributed by atoms with E-state index in [1.807, 2.05) is 75.4 Å². The molecular formula is C31H29ClN2O2.